The number of esters is 2. The molecule has 0 aliphatic heterocycles. The lowest BCUT2D eigenvalue weighted by Gasteiger charge is -2.12. The van der Waals surface area contributed by atoms with E-state index in [1.165, 1.54) is 40.0 Å². The van der Waals surface area contributed by atoms with Crippen molar-refractivity contribution in [3.63, 3.8) is 0 Å². The van der Waals surface area contributed by atoms with Gasteiger partial charge in [0.15, 0.2) is 11.6 Å². The number of aromatic nitrogens is 5. The van der Waals surface area contributed by atoms with Crippen molar-refractivity contribution in [2.24, 2.45) is 0 Å². The molecule has 5 rings (SSSR count). The number of nitrogens with one attached hydrogen (secondary N) is 2. The molecule has 0 fully saturated rings. The number of carbonyl (C=O) groups excluding carboxylic acids is 4. The number of benzene rings is 2. The van der Waals surface area contributed by atoms with E-state index in [0.717, 1.165) is 0 Å². The SMILES string of the molecule is CCOC(=O)c1cnn(-c2ccccc2)c1NC(=O)c1cccc(C(=O)Nc2c(C(=O)OCC)cnn2-c2ccccc2)n1. The fraction of sp³-hybridized carbons (Fsp3) is 0.129. The van der Waals surface area contributed by atoms with E-state index in [1.54, 1.807) is 62.4 Å². The molecule has 13 nitrogen and oxygen atoms in total. The monoisotopic (exact) mass is 593 g/mol. The van der Waals surface area contributed by atoms with E-state index < -0.39 is 23.8 Å². The minimum atomic E-state index is -0.704. The fourth-order valence-electron chi connectivity index (χ4n) is 4.21. The van der Waals surface area contributed by atoms with Crippen molar-refractivity contribution in [3.8, 4) is 11.4 Å². The molecular formula is C31H27N7O6. The van der Waals surface area contributed by atoms with Gasteiger partial charge in [0, 0.05) is 0 Å². The number of carbonyl (C=O) groups is 4. The summed E-state index contributed by atoms with van der Waals surface area (Å²) in [6.45, 7) is 3.59. The second-order valence-corrected chi connectivity index (χ2v) is 9.07. The van der Waals surface area contributed by atoms with E-state index in [9.17, 15) is 19.2 Å². The second-order valence-electron chi connectivity index (χ2n) is 9.07. The van der Waals surface area contributed by atoms with Crippen LogP contribution in [0.15, 0.2) is 91.3 Å². The van der Waals surface area contributed by atoms with Crippen molar-refractivity contribution < 1.29 is 28.7 Å². The molecule has 0 radical (unpaired) electrons. The Hall–Kier alpha value is -6.11. The summed E-state index contributed by atoms with van der Waals surface area (Å²) in [7, 11) is 0. The quantitative estimate of drug-likeness (QED) is 0.225. The molecule has 222 valence electrons. The Kier molecular flexibility index (Phi) is 8.85. The van der Waals surface area contributed by atoms with Gasteiger partial charge in [-0.1, -0.05) is 42.5 Å². The number of para-hydroxylation sites is 2. The lowest BCUT2D eigenvalue weighted by Crippen LogP contribution is -2.22. The van der Waals surface area contributed by atoms with Crippen LogP contribution < -0.4 is 10.6 Å². The van der Waals surface area contributed by atoms with Gasteiger partial charge in [0.1, 0.15) is 22.5 Å². The zero-order valence-corrected chi connectivity index (χ0v) is 23.8. The minimum Gasteiger partial charge on any atom is -0.462 e. The molecule has 2 aromatic carbocycles. The summed E-state index contributed by atoms with van der Waals surface area (Å²) in [5.41, 5.74) is 1.03. The first-order valence-corrected chi connectivity index (χ1v) is 13.6. The van der Waals surface area contributed by atoms with E-state index in [2.05, 4.69) is 25.8 Å². The highest BCUT2D eigenvalue weighted by molar-refractivity contribution is 6.09. The Balaban J connectivity index is 1.44. The number of ether oxygens (including phenoxy) is 2. The molecule has 3 heterocycles. The van der Waals surface area contributed by atoms with Crippen molar-refractivity contribution in [2.45, 2.75) is 13.8 Å². The van der Waals surface area contributed by atoms with Crippen LogP contribution in [0.2, 0.25) is 0 Å². The molecule has 0 spiro atoms. The van der Waals surface area contributed by atoms with Gasteiger partial charge in [0.05, 0.1) is 37.0 Å². The van der Waals surface area contributed by atoms with E-state index in [-0.39, 0.29) is 47.4 Å². The Labute approximate surface area is 251 Å². The molecule has 13 heteroatoms. The van der Waals surface area contributed by atoms with Gasteiger partial charge in [-0.05, 0) is 50.2 Å². The summed E-state index contributed by atoms with van der Waals surface area (Å²) in [5.74, 6) is -2.60. The van der Waals surface area contributed by atoms with Crippen LogP contribution in [0.3, 0.4) is 0 Å². The number of anilines is 2. The first-order valence-electron chi connectivity index (χ1n) is 13.6. The number of hydrogen-bond acceptors (Lipinski definition) is 9. The average molecular weight is 594 g/mol. The summed E-state index contributed by atoms with van der Waals surface area (Å²) in [6, 6.07) is 22.1. The van der Waals surface area contributed by atoms with Gasteiger partial charge in [-0.15, -0.1) is 0 Å². The molecule has 2 N–H and O–H groups in total. The largest absolute Gasteiger partial charge is 0.462 e. The number of hydrogen-bond donors (Lipinski definition) is 2. The second kappa shape index (κ2) is 13.2. The maximum atomic E-state index is 13.4. The third kappa shape index (κ3) is 6.21. The Morgan fingerprint density at radius 1 is 0.614 bits per heavy atom. The van der Waals surface area contributed by atoms with Crippen molar-refractivity contribution in [1.82, 2.24) is 24.5 Å². The normalized spacial score (nSPS) is 10.6. The Bertz CT molecular complexity index is 1690. The highest BCUT2D eigenvalue weighted by Crippen LogP contribution is 2.24. The Morgan fingerprint density at radius 3 is 1.41 bits per heavy atom. The fourth-order valence-corrected chi connectivity index (χ4v) is 4.21. The van der Waals surface area contributed by atoms with Crippen molar-refractivity contribution >= 4 is 35.4 Å². The van der Waals surface area contributed by atoms with Gasteiger partial charge in [-0.3, -0.25) is 9.59 Å². The summed E-state index contributed by atoms with van der Waals surface area (Å²) in [4.78, 5) is 56.3. The maximum absolute atomic E-state index is 13.4. The maximum Gasteiger partial charge on any atom is 0.343 e. The molecule has 0 bridgehead atoms. The predicted molar refractivity (Wildman–Crippen MR) is 159 cm³/mol. The number of nitrogens with zero attached hydrogens (tertiary/aromatic N) is 5. The van der Waals surface area contributed by atoms with Crippen molar-refractivity contribution in [2.75, 3.05) is 23.8 Å². The first kappa shape index (κ1) is 29.4. The smallest absolute Gasteiger partial charge is 0.343 e. The first-order chi connectivity index (χ1) is 21.4. The van der Waals surface area contributed by atoms with Gasteiger partial charge < -0.3 is 20.1 Å². The summed E-state index contributed by atoms with van der Waals surface area (Å²) in [6.07, 6.45) is 2.60. The van der Waals surface area contributed by atoms with Crippen molar-refractivity contribution in [3.05, 3.63) is 114 Å². The molecule has 5 aromatic rings. The Morgan fingerprint density at radius 2 is 1.02 bits per heavy atom. The van der Waals surface area contributed by atoms with Crippen LogP contribution in [-0.4, -0.2) is 61.5 Å². The van der Waals surface area contributed by atoms with Crippen LogP contribution in [0.5, 0.6) is 0 Å². The molecule has 0 atom stereocenters. The van der Waals surface area contributed by atoms with Crippen LogP contribution in [0.1, 0.15) is 55.5 Å². The van der Waals surface area contributed by atoms with E-state index >= 15 is 0 Å². The lowest BCUT2D eigenvalue weighted by atomic mass is 10.2. The van der Waals surface area contributed by atoms with Crippen LogP contribution in [0.4, 0.5) is 11.6 Å². The third-order valence-corrected chi connectivity index (χ3v) is 6.21. The standard InChI is InChI=1S/C31H27N7O6/c1-3-43-30(41)22-18-32-37(20-12-7-5-8-13-20)26(22)35-28(39)24-16-11-17-25(34-24)29(40)36-27-23(31(42)44-4-2)19-33-38(27)21-14-9-6-10-15-21/h5-19H,3-4H2,1-2H3,(H,35,39)(H,36,40). The molecule has 0 saturated carbocycles. The minimum absolute atomic E-state index is 0.0404. The van der Waals surface area contributed by atoms with E-state index in [4.69, 9.17) is 9.47 Å². The molecule has 0 aliphatic carbocycles. The molecule has 0 aliphatic rings. The molecule has 44 heavy (non-hydrogen) atoms. The lowest BCUT2D eigenvalue weighted by molar-refractivity contribution is 0.0517. The number of amides is 2. The van der Waals surface area contributed by atoms with Crippen molar-refractivity contribution in [1.29, 1.82) is 0 Å². The van der Waals surface area contributed by atoms with Crippen LogP contribution in [-0.2, 0) is 9.47 Å². The topological polar surface area (TPSA) is 159 Å². The van der Waals surface area contributed by atoms with Gasteiger partial charge in [0.25, 0.3) is 11.8 Å². The molecule has 2 amide bonds. The number of rotatable bonds is 10. The van der Waals surface area contributed by atoms with E-state index in [1.807, 2.05) is 12.1 Å². The highest BCUT2D eigenvalue weighted by Gasteiger charge is 2.25. The average Bonchev–Trinajstić information content (AvgIpc) is 3.66. The van der Waals surface area contributed by atoms with E-state index in [0.29, 0.717) is 11.4 Å². The zero-order chi connectivity index (χ0) is 31.1. The summed E-state index contributed by atoms with van der Waals surface area (Å²) < 4.78 is 13.1. The molecule has 3 aromatic heterocycles. The number of pyridine rings is 1. The van der Waals surface area contributed by atoms with Gasteiger partial charge in [0.2, 0.25) is 0 Å². The molecule has 0 saturated heterocycles. The van der Waals surface area contributed by atoms with Gasteiger partial charge in [-0.2, -0.15) is 10.2 Å². The highest BCUT2D eigenvalue weighted by atomic mass is 16.5. The van der Waals surface area contributed by atoms with Crippen LogP contribution >= 0.6 is 0 Å². The van der Waals surface area contributed by atoms with Crippen LogP contribution in [0.25, 0.3) is 11.4 Å². The zero-order valence-electron chi connectivity index (χ0n) is 23.8. The van der Waals surface area contributed by atoms with Crippen LogP contribution in [0, 0.1) is 0 Å². The molecule has 0 unspecified atom stereocenters. The molecular weight excluding hydrogens is 566 g/mol. The third-order valence-electron chi connectivity index (χ3n) is 6.21. The van der Waals surface area contributed by atoms with Gasteiger partial charge in [-0.25, -0.2) is 23.9 Å². The van der Waals surface area contributed by atoms with Gasteiger partial charge >= 0.3 is 11.9 Å². The summed E-state index contributed by atoms with van der Waals surface area (Å²) in [5, 5.41) is 13.9. The predicted octanol–water partition coefficient (Wildman–Crippen LogP) is 4.31. The summed E-state index contributed by atoms with van der Waals surface area (Å²) >= 11 is 0.